The summed E-state index contributed by atoms with van der Waals surface area (Å²) in [4.78, 5) is 32.1. The van der Waals surface area contributed by atoms with Crippen LogP contribution in [-0.2, 0) is 4.79 Å². The molecule has 4 aromatic rings. The lowest BCUT2D eigenvalue weighted by Gasteiger charge is -2.26. The van der Waals surface area contributed by atoms with Crippen molar-refractivity contribution in [2.75, 3.05) is 6.54 Å². The van der Waals surface area contributed by atoms with Crippen molar-refractivity contribution < 1.29 is 14.7 Å². The third-order valence-electron chi connectivity index (χ3n) is 6.50. The van der Waals surface area contributed by atoms with Crippen LogP contribution in [0.2, 0.25) is 0 Å². The summed E-state index contributed by atoms with van der Waals surface area (Å²) >= 11 is 0. The van der Waals surface area contributed by atoms with E-state index in [0.29, 0.717) is 18.4 Å². The maximum atomic E-state index is 13.3. The van der Waals surface area contributed by atoms with Crippen LogP contribution in [-0.4, -0.2) is 44.0 Å². The predicted octanol–water partition coefficient (Wildman–Crippen LogP) is 4.21. The monoisotopic (exact) mass is 454 g/mol. The Balaban J connectivity index is 1.30. The second-order valence-corrected chi connectivity index (χ2v) is 8.63. The second-order valence-electron chi connectivity index (χ2n) is 8.63. The zero-order valence-corrected chi connectivity index (χ0v) is 18.9. The Labute approximate surface area is 197 Å². The minimum Gasteiger partial charge on any atom is -0.506 e. The maximum absolute atomic E-state index is 13.3. The van der Waals surface area contributed by atoms with Crippen LogP contribution >= 0.6 is 0 Å². The van der Waals surface area contributed by atoms with Gasteiger partial charge in [-0.1, -0.05) is 42.5 Å². The Hall–Kier alpha value is -4.13. The molecule has 3 aromatic carbocycles. The Morgan fingerprint density at radius 3 is 2.65 bits per heavy atom. The highest BCUT2D eigenvalue weighted by atomic mass is 16.3. The molecule has 2 N–H and O–H groups in total. The lowest BCUT2D eigenvalue weighted by molar-refractivity contribution is -0.125. The van der Waals surface area contributed by atoms with Gasteiger partial charge in [0, 0.05) is 30.0 Å². The van der Waals surface area contributed by atoms with Gasteiger partial charge in [-0.2, -0.15) is 0 Å². The number of amides is 2. The van der Waals surface area contributed by atoms with Crippen molar-refractivity contribution in [2.24, 2.45) is 0 Å². The first-order chi connectivity index (χ1) is 16.5. The molecular weight excluding hydrogens is 428 g/mol. The molecule has 0 bridgehead atoms. The molecule has 1 aliphatic heterocycles. The molecule has 7 heteroatoms. The maximum Gasteiger partial charge on any atom is 0.258 e. The van der Waals surface area contributed by atoms with E-state index < -0.39 is 6.04 Å². The van der Waals surface area contributed by atoms with Crippen LogP contribution in [0.4, 0.5) is 0 Å². The summed E-state index contributed by atoms with van der Waals surface area (Å²) < 4.78 is 1.91. The minimum absolute atomic E-state index is 0.0412. The predicted molar refractivity (Wildman–Crippen MR) is 130 cm³/mol. The van der Waals surface area contributed by atoms with Gasteiger partial charge in [0.25, 0.3) is 5.91 Å². The summed E-state index contributed by atoms with van der Waals surface area (Å²) in [5.74, 6) is -0.545. The van der Waals surface area contributed by atoms with Gasteiger partial charge >= 0.3 is 0 Å². The van der Waals surface area contributed by atoms with E-state index in [9.17, 15) is 14.7 Å². The fourth-order valence-electron chi connectivity index (χ4n) is 4.60. The average molecular weight is 455 g/mol. The number of aromatic nitrogens is 2. The lowest BCUT2D eigenvalue weighted by Crippen LogP contribution is -2.46. The Morgan fingerprint density at radius 2 is 1.88 bits per heavy atom. The summed E-state index contributed by atoms with van der Waals surface area (Å²) in [6, 6.07) is 18.0. The van der Waals surface area contributed by atoms with Crippen LogP contribution in [0.15, 0.2) is 79.4 Å². The number of imidazole rings is 1. The molecule has 1 aromatic heterocycles. The van der Waals surface area contributed by atoms with E-state index in [2.05, 4.69) is 10.3 Å². The Morgan fingerprint density at radius 1 is 1.09 bits per heavy atom. The van der Waals surface area contributed by atoms with Gasteiger partial charge in [0.1, 0.15) is 11.8 Å². The van der Waals surface area contributed by atoms with Gasteiger partial charge in [-0.15, -0.1) is 0 Å². The molecule has 34 heavy (non-hydrogen) atoms. The van der Waals surface area contributed by atoms with Crippen molar-refractivity contribution in [1.29, 1.82) is 0 Å². The number of hydrogen-bond acceptors (Lipinski definition) is 4. The second kappa shape index (κ2) is 9.02. The molecule has 2 unspecified atom stereocenters. The van der Waals surface area contributed by atoms with Gasteiger partial charge in [-0.25, -0.2) is 4.98 Å². The summed E-state index contributed by atoms with van der Waals surface area (Å²) in [6.45, 7) is 2.41. The third kappa shape index (κ3) is 4.01. The van der Waals surface area contributed by atoms with Crippen molar-refractivity contribution >= 4 is 22.6 Å². The van der Waals surface area contributed by atoms with Crippen molar-refractivity contribution in [3.8, 4) is 11.4 Å². The Kier molecular flexibility index (Phi) is 5.76. The number of rotatable bonds is 5. The topological polar surface area (TPSA) is 87.5 Å². The fraction of sp³-hybridized carbons (Fsp3) is 0.222. The van der Waals surface area contributed by atoms with Gasteiger partial charge in [-0.3, -0.25) is 9.59 Å². The van der Waals surface area contributed by atoms with Crippen LogP contribution in [0.1, 0.15) is 41.7 Å². The SMILES string of the molecule is CC(NC(=O)C1CCCN1C(=O)c1ccc2ccccc2c1O)c1ccc(-n2ccnc2)cc1. The highest BCUT2D eigenvalue weighted by molar-refractivity contribution is 6.05. The highest BCUT2D eigenvalue weighted by Gasteiger charge is 2.36. The van der Waals surface area contributed by atoms with Crippen LogP contribution in [0.25, 0.3) is 16.5 Å². The number of aromatic hydroxyl groups is 1. The molecular formula is C27H26N4O3. The fourth-order valence-corrected chi connectivity index (χ4v) is 4.60. The number of carbonyl (C=O) groups is 2. The number of phenols is 1. The number of fused-ring (bicyclic) bond motifs is 1. The van der Waals surface area contributed by atoms with Crippen molar-refractivity contribution in [2.45, 2.75) is 31.8 Å². The zero-order chi connectivity index (χ0) is 23.7. The zero-order valence-electron chi connectivity index (χ0n) is 18.9. The number of phenolic OH excluding ortho intramolecular Hbond substituents is 1. The first-order valence-electron chi connectivity index (χ1n) is 11.4. The number of carbonyl (C=O) groups excluding carboxylic acids is 2. The summed E-state index contributed by atoms with van der Waals surface area (Å²) in [6.07, 6.45) is 6.67. The number of likely N-dealkylation sites (tertiary alicyclic amines) is 1. The molecule has 0 aliphatic carbocycles. The largest absolute Gasteiger partial charge is 0.506 e. The van der Waals surface area contributed by atoms with Crippen LogP contribution in [0.5, 0.6) is 5.75 Å². The normalized spacial score (nSPS) is 16.5. The smallest absolute Gasteiger partial charge is 0.258 e. The molecule has 0 saturated carbocycles. The van der Waals surface area contributed by atoms with Crippen molar-refractivity contribution in [1.82, 2.24) is 19.8 Å². The van der Waals surface area contributed by atoms with Gasteiger partial charge in [-0.05, 0) is 48.9 Å². The molecule has 1 saturated heterocycles. The lowest BCUT2D eigenvalue weighted by atomic mass is 10.0. The standard InChI is InChI=1S/C27H26N4O3/c1-18(19-8-11-21(12-9-19)30-16-14-28-17-30)29-26(33)24-7-4-15-31(24)27(34)23-13-10-20-5-2-3-6-22(20)25(23)32/h2-3,5-6,8-14,16-18,24,32H,4,7,15H2,1H3,(H,29,33). The Bertz CT molecular complexity index is 1330. The van der Waals surface area contributed by atoms with Crippen LogP contribution in [0.3, 0.4) is 0 Å². The van der Waals surface area contributed by atoms with Crippen LogP contribution in [0, 0.1) is 0 Å². The molecule has 5 rings (SSSR count). The molecule has 2 atom stereocenters. The minimum atomic E-state index is -0.564. The number of nitrogens with one attached hydrogen (secondary N) is 1. The van der Waals surface area contributed by atoms with Gasteiger partial charge in [0.05, 0.1) is 17.9 Å². The molecule has 0 radical (unpaired) electrons. The summed E-state index contributed by atoms with van der Waals surface area (Å²) in [5, 5.41) is 15.3. The van der Waals surface area contributed by atoms with Gasteiger partial charge in [0.2, 0.25) is 5.91 Å². The van der Waals surface area contributed by atoms with Crippen LogP contribution < -0.4 is 5.32 Å². The van der Waals surface area contributed by atoms with E-state index in [1.807, 2.05) is 66.2 Å². The molecule has 1 aliphatic rings. The summed E-state index contributed by atoms with van der Waals surface area (Å²) in [7, 11) is 0. The van der Waals surface area contributed by atoms with E-state index in [0.717, 1.165) is 23.1 Å². The van der Waals surface area contributed by atoms with E-state index in [-0.39, 0.29) is 29.2 Å². The first kappa shape index (κ1) is 21.7. The third-order valence-corrected chi connectivity index (χ3v) is 6.50. The number of hydrogen-bond donors (Lipinski definition) is 2. The first-order valence-corrected chi connectivity index (χ1v) is 11.4. The number of benzene rings is 3. The van der Waals surface area contributed by atoms with E-state index >= 15 is 0 Å². The van der Waals surface area contributed by atoms with E-state index in [1.165, 1.54) is 0 Å². The van der Waals surface area contributed by atoms with E-state index in [1.54, 1.807) is 29.6 Å². The van der Waals surface area contributed by atoms with Crippen molar-refractivity contribution in [3.63, 3.8) is 0 Å². The molecule has 7 nitrogen and oxygen atoms in total. The summed E-state index contributed by atoms with van der Waals surface area (Å²) in [5.41, 5.74) is 2.18. The van der Waals surface area contributed by atoms with Gasteiger partial charge < -0.3 is 19.9 Å². The van der Waals surface area contributed by atoms with E-state index in [4.69, 9.17) is 0 Å². The molecule has 172 valence electrons. The highest BCUT2D eigenvalue weighted by Crippen LogP contribution is 2.31. The van der Waals surface area contributed by atoms with Gasteiger partial charge in [0.15, 0.2) is 0 Å². The quantitative estimate of drug-likeness (QED) is 0.473. The molecule has 2 heterocycles. The van der Waals surface area contributed by atoms with Crippen molar-refractivity contribution in [3.05, 3.63) is 90.5 Å². The molecule has 0 spiro atoms. The average Bonchev–Trinajstić information content (AvgIpc) is 3.57. The molecule has 2 amide bonds. The molecule has 1 fully saturated rings. The number of nitrogens with zero attached hydrogens (tertiary/aromatic N) is 3.